The molecule has 10 heteroatoms. The summed E-state index contributed by atoms with van der Waals surface area (Å²) in [4.78, 5) is 42.0. The first-order chi connectivity index (χ1) is 9.47. The maximum Gasteiger partial charge on any atom is 0.345 e. The molecule has 0 radical (unpaired) electrons. The van der Waals surface area contributed by atoms with E-state index in [4.69, 9.17) is 5.11 Å². The van der Waals surface area contributed by atoms with Crippen molar-refractivity contribution in [1.82, 2.24) is 20.4 Å². The highest BCUT2D eigenvalue weighted by Gasteiger charge is 2.10. The summed E-state index contributed by atoms with van der Waals surface area (Å²) >= 11 is 0. The minimum atomic E-state index is -1.22. The Morgan fingerprint density at radius 3 is 1.90 bits per heavy atom. The number of esters is 1. The normalized spacial score (nSPS) is 9.45. The first-order valence-electron chi connectivity index (χ1n) is 5.39. The van der Waals surface area contributed by atoms with Crippen molar-refractivity contribution < 1.29 is 19.4 Å². The van der Waals surface area contributed by atoms with Gasteiger partial charge in [0.05, 0.1) is 6.61 Å². The quantitative estimate of drug-likeness (QED) is 0.467. The Bertz CT molecular complexity index is 691. The second-order valence-electron chi connectivity index (χ2n) is 3.34. The molecule has 0 aliphatic carbocycles. The number of carbonyl (C=O) groups is 2. The fraction of sp³-hybridized carbons (Fsp3) is 0.200. The first kappa shape index (κ1) is 15.0. The van der Waals surface area contributed by atoms with Gasteiger partial charge in [-0.2, -0.15) is 0 Å². The van der Waals surface area contributed by atoms with Crippen LogP contribution in [0.15, 0.2) is 22.0 Å². The average Bonchev–Trinajstić information content (AvgIpc) is 2.98. The number of ether oxygens (including phenoxy) is 1. The SMILES string of the molecule is CCOC(=O)c1c[nH][nH]c1=O.O=C(O)c1c[nH][nH]c1=O. The number of carbonyl (C=O) groups excluding carboxylic acids is 1. The molecule has 2 rings (SSSR count). The van der Waals surface area contributed by atoms with E-state index in [0.29, 0.717) is 0 Å². The number of rotatable bonds is 3. The summed E-state index contributed by atoms with van der Waals surface area (Å²) in [6.45, 7) is 1.95. The van der Waals surface area contributed by atoms with Gasteiger partial charge in [-0.15, -0.1) is 0 Å². The Balaban J connectivity index is 0.000000204. The van der Waals surface area contributed by atoms with Crippen molar-refractivity contribution >= 4 is 11.9 Å². The van der Waals surface area contributed by atoms with Crippen LogP contribution in [0.3, 0.4) is 0 Å². The van der Waals surface area contributed by atoms with Gasteiger partial charge < -0.3 is 20.0 Å². The van der Waals surface area contributed by atoms with Crippen molar-refractivity contribution in [3.63, 3.8) is 0 Å². The van der Waals surface area contributed by atoms with Gasteiger partial charge in [0.25, 0.3) is 11.1 Å². The van der Waals surface area contributed by atoms with Crippen LogP contribution in [0.1, 0.15) is 27.6 Å². The molecule has 0 aliphatic rings. The smallest absolute Gasteiger partial charge is 0.345 e. The van der Waals surface area contributed by atoms with E-state index in [1.807, 2.05) is 0 Å². The van der Waals surface area contributed by atoms with Gasteiger partial charge in [0, 0.05) is 12.4 Å². The molecule has 108 valence electrons. The van der Waals surface area contributed by atoms with Crippen molar-refractivity contribution in [2.75, 3.05) is 6.61 Å². The van der Waals surface area contributed by atoms with E-state index in [9.17, 15) is 19.2 Å². The van der Waals surface area contributed by atoms with Crippen LogP contribution < -0.4 is 11.1 Å². The number of hydrogen-bond donors (Lipinski definition) is 5. The maximum atomic E-state index is 10.9. The lowest BCUT2D eigenvalue weighted by Gasteiger charge is -1.94. The summed E-state index contributed by atoms with van der Waals surface area (Å²) in [5, 5.41) is 17.2. The summed E-state index contributed by atoms with van der Waals surface area (Å²) in [6, 6.07) is 0. The number of aromatic carboxylic acids is 1. The highest BCUT2D eigenvalue weighted by molar-refractivity contribution is 5.88. The number of aromatic nitrogens is 4. The molecule has 2 heterocycles. The molecule has 0 spiro atoms. The minimum Gasteiger partial charge on any atom is -0.477 e. The molecule has 2 aromatic rings. The highest BCUT2D eigenvalue weighted by Crippen LogP contribution is 1.90. The number of hydrogen-bond acceptors (Lipinski definition) is 5. The van der Waals surface area contributed by atoms with E-state index in [1.165, 1.54) is 6.20 Å². The lowest BCUT2D eigenvalue weighted by molar-refractivity contribution is 0.0524. The third-order valence-corrected chi connectivity index (χ3v) is 2.02. The van der Waals surface area contributed by atoms with Crippen molar-refractivity contribution in [2.24, 2.45) is 0 Å². The summed E-state index contributed by atoms with van der Waals surface area (Å²) in [6.07, 6.45) is 2.38. The van der Waals surface area contributed by atoms with Crippen LogP contribution in [0.2, 0.25) is 0 Å². The molecule has 0 saturated heterocycles. The zero-order valence-electron chi connectivity index (χ0n) is 10.4. The van der Waals surface area contributed by atoms with Crippen LogP contribution in [0, 0.1) is 0 Å². The largest absolute Gasteiger partial charge is 0.477 e. The molecule has 0 atom stereocenters. The topological polar surface area (TPSA) is 161 Å². The molecular formula is C10H12N4O6. The number of H-pyrrole nitrogens is 4. The van der Waals surface area contributed by atoms with E-state index >= 15 is 0 Å². The lowest BCUT2D eigenvalue weighted by Crippen LogP contribution is -2.14. The maximum absolute atomic E-state index is 10.9. The van der Waals surface area contributed by atoms with E-state index in [-0.39, 0.29) is 17.7 Å². The first-order valence-corrected chi connectivity index (χ1v) is 5.39. The molecule has 0 amide bonds. The summed E-state index contributed by atoms with van der Waals surface area (Å²) in [5.74, 6) is -1.83. The Hall–Kier alpha value is -3.04. The summed E-state index contributed by atoms with van der Waals surface area (Å²) < 4.78 is 4.59. The van der Waals surface area contributed by atoms with E-state index < -0.39 is 23.1 Å². The molecule has 0 unspecified atom stereocenters. The average molecular weight is 284 g/mol. The fourth-order valence-corrected chi connectivity index (χ4v) is 1.13. The van der Waals surface area contributed by atoms with Gasteiger partial charge >= 0.3 is 11.9 Å². The predicted molar refractivity (Wildman–Crippen MR) is 65.7 cm³/mol. The van der Waals surface area contributed by atoms with E-state index in [0.717, 1.165) is 6.20 Å². The Morgan fingerprint density at radius 1 is 1.10 bits per heavy atom. The van der Waals surface area contributed by atoms with E-state index in [2.05, 4.69) is 25.1 Å². The number of nitrogens with one attached hydrogen (secondary N) is 4. The summed E-state index contributed by atoms with van der Waals surface area (Å²) in [7, 11) is 0. The van der Waals surface area contributed by atoms with Gasteiger partial charge in [-0.05, 0) is 6.92 Å². The molecule has 0 aromatic carbocycles. The van der Waals surface area contributed by atoms with Crippen LogP contribution in [-0.2, 0) is 4.74 Å². The third-order valence-electron chi connectivity index (χ3n) is 2.02. The van der Waals surface area contributed by atoms with Crippen LogP contribution >= 0.6 is 0 Å². The second-order valence-corrected chi connectivity index (χ2v) is 3.34. The van der Waals surface area contributed by atoms with Crippen molar-refractivity contribution in [3.8, 4) is 0 Å². The molecule has 0 aliphatic heterocycles. The zero-order valence-corrected chi connectivity index (χ0v) is 10.4. The number of carboxylic acid groups (broad SMARTS) is 1. The van der Waals surface area contributed by atoms with Crippen molar-refractivity contribution in [2.45, 2.75) is 6.92 Å². The second kappa shape index (κ2) is 6.78. The van der Waals surface area contributed by atoms with Crippen LogP contribution in [0.5, 0.6) is 0 Å². The zero-order chi connectivity index (χ0) is 15.1. The van der Waals surface area contributed by atoms with Gasteiger partial charge in [-0.25, -0.2) is 9.59 Å². The molecule has 0 fully saturated rings. The summed E-state index contributed by atoms with van der Waals surface area (Å²) in [5.41, 5.74) is -1.33. The standard InChI is InChI=1S/C6H8N2O3.C4H4N2O3/c1-2-11-6(10)4-3-7-8-5(4)9;7-3-2(4(8)9)1-5-6-3/h3H,2H2,1H3,(H2,7,8,9);1H,(H,8,9)(H2,5,6,7). The molecule has 10 nitrogen and oxygen atoms in total. The Kier molecular flexibility index (Phi) is 5.09. The van der Waals surface area contributed by atoms with Gasteiger partial charge in [0.15, 0.2) is 0 Å². The Morgan fingerprint density at radius 2 is 1.60 bits per heavy atom. The lowest BCUT2D eigenvalue weighted by atomic mass is 10.4. The molecule has 0 bridgehead atoms. The van der Waals surface area contributed by atoms with Crippen molar-refractivity contribution in [3.05, 3.63) is 44.2 Å². The molecule has 0 saturated carbocycles. The van der Waals surface area contributed by atoms with Gasteiger partial charge in [-0.1, -0.05) is 0 Å². The van der Waals surface area contributed by atoms with Gasteiger partial charge in [-0.3, -0.25) is 19.8 Å². The third kappa shape index (κ3) is 3.73. The van der Waals surface area contributed by atoms with Crippen LogP contribution in [0.4, 0.5) is 0 Å². The Labute approximate surface area is 110 Å². The molecular weight excluding hydrogens is 272 g/mol. The molecule has 5 N–H and O–H groups in total. The monoisotopic (exact) mass is 284 g/mol. The number of aromatic amines is 4. The minimum absolute atomic E-state index is 0.00634. The van der Waals surface area contributed by atoms with Crippen molar-refractivity contribution in [1.29, 1.82) is 0 Å². The highest BCUT2D eigenvalue weighted by atomic mass is 16.5. The van der Waals surface area contributed by atoms with Gasteiger partial charge in [0.1, 0.15) is 11.1 Å². The number of carboxylic acids is 1. The molecule has 20 heavy (non-hydrogen) atoms. The van der Waals surface area contributed by atoms with Gasteiger partial charge in [0.2, 0.25) is 0 Å². The van der Waals surface area contributed by atoms with Crippen LogP contribution in [-0.4, -0.2) is 44.0 Å². The molecule has 2 aromatic heterocycles. The fourth-order valence-electron chi connectivity index (χ4n) is 1.13. The predicted octanol–water partition coefficient (Wildman–Crippen LogP) is -0.719. The van der Waals surface area contributed by atoms with E-state index in [1.54, 1.807) is 6.92 Å². The van der Waals surface area contributed by atoms with Crippen LogP contribution in [0.25, 0.3) is 0 Å².